The van der Waals surface area contributed by atoms with Gasteiger partial charge in [-0.25, -0.2) is 0 Å². The predicted octanol–water partition coefficient (Wildman–Crippen LogP) is 6.06. The summed E-state index contributed by atoms with van der Waals surface area (Å²) < 4.78 is 9.07. The third kappa shape index (κ3) is 9.29. The molecule has 0 saturated heterocycles. The summed E-state index contributed by atoms with van der Waals surface area (Å²) in [5.41, 5.74) is -1.02. The Balaban J connectivity index is 0.000000247. The number of ether oxygens (including phenoxy) is 2. The van der Waals surface area contributed by atoms with Crippen molar-refractivity contribution in [2.45, 2.75) is 98.8 Å². The first-order valence-electron chi connectivity index (χ1n) is 14.0. The van der Waals surface area contributed by atoms with Gasteiger partial charge in [0.1, 0.15) is 0 Å². The second kappa shape index (κ2) is 15.3. The molecule has 4 rings (SSSR count). The van der Waals surface area contributed by atoms with Crippen molar-refractivity contribution in [1.82, 2.24) is 0 Å². The van der Waals surface area contributed by atoms with Crippen LogP contribution in [0.5, 0.6) is 0 Å². The first-order valence-corrected chi connectivity index (χ1v) is 14.0. The fraction of sp³-hybridized carbons (Fsp3) is 0.867. The zero-order valence-electron chi connectivity index (χ0n) is 24.2. The van der Waals surface area contributed by atoms with Gasteiger partial charge in [-0.05, 0) is 95.8 Å². The molecule has 1 N–H and O–H groups in total. The second-order valence-electron chi connectivity index (χ2n) is 12.1. The van der Waals surface area contributed by atoms with E-state index in [-0.39, 0.29) is 24.0 Å². The van der Waals surface area contributed by atoms with E-state index in [4.69, 9.17) is 15.6 Å². The molecule has 4 aliphatic carbocycles. The lowest BCUT2D eigenvalue weighted by Gasteiger charge is -2.21. The van der Waals surface area contributed by atoms with Gasteiger partial charge in [-0.2, -0.15) is 10.5 Å². The van der Waals surface area contributed by atoms with Crippen LogP contribution in [0.1, 0.15) is 98.8 Å². The standard InChI is InChI=1S/2C8H11N.C7H14O3.C7H14O2/c2*9-5-8-4-6-1-2-7(8)3-6;1-4-7(2,5-8)6(9)10-3;1-5-7(2,3)6(8)9-4/h2*6-8H,1-4H2;8H,4-5H2,1-3H3;5H2,1-4H3. The van der Waals surface area contributed by atoms with Crippen LogP contribution in [0.3, 0.4) is 0 Å². The summed E-state index contributed by atoms with van der Waals surface area (Å²) in [7, 11) is 2.74. The number of hydrogen-bond donors (Lipinski definition) is 1. The maximum atomic E-state index is 10.9. The molecule has 4 saturated carbocycles. The number of esters is 2. The minimum Gasteiger partial charge on any atom is -0.469 e. The van der Waals surface area contributed by atoms with Gasteiger partial charge >= 0.3 is 11.9 Å². The van der Waals surface area contributed by atoms with Crippen molar-refractivity contribution in [1.29, 1.82) is 10.5 Å². The molecule has 0 radical (unpaired) electrons. The number of nitriles is 2. The molecular weight excluding hydrogens is 468 g/mol. The van der Waals surface area contributed by atoms with Crippen LogP contribution in [0.25, 0.3) is 0 Å². The van der Waals surface area contributed by atoms with Crippen LogP contribution in [-0.4, -0.2) is 37.9 Å². The number of methoxy groups -OCH3 is 2. The van der Waals surface area contributed by atoms with Gasteiger partial charge in [0.15, 0.2) is 0 Å². The Labute approximate surface area is 224 Å². The predicted molar refractivity (Wildman–Crippen MR) is 143 cm³/mol. The zero-order valence-corrected chi connectivity index (χ0v) is 24.2. The van der Waals surface area contributed by atoms with Gasteiger partial charge in [0.25, 0.3) is 0 Å². The number of fused-ring (bicyclic) bond motifs is 4. The maximum Gasteiger partial charge on any atom is 0.313 e. The highest BCUT2D eigenvalue weighted by Gasteiger charge is 2.40. The second-order valence-corrected chi connectivity index (χ2v) is 12.1. The number of aliphatic hydroxyl groups is 1. The molecule has 37 heavy (non-hydrogen) atoms. The molecule has 4 bridgehead atoms. The van der Waals surface area contributed by atoms with Crippen LogP contribution in [0.4, 0.5) is 0 Å². The zero-order chi connectivity index (χ0) is 28.2. The van der Waals surface area contributed by atoms with Crippen LogP contribution >= 0.6 is 0 Å². The normalized spacial score (nSPS) is 30.0. The van der Waals surface area contributed by atoms with E-state index in [0.29, 0.717) is 18.3 Å². The molecule has 4 aliphatic rings. The number of carbonyl (C=O) groups excluding carboxylic acids is 2. The molecule has 7 nitrogen and oxygen atoms in total. The van der Waals surface area contributed by atoms with E-state index in [9.17, 15) is 9.59 Å². The molecule has 0 spiro atoms. The van der Waals surface area contributed by atoms with Crippen LogP contribution in [0.15, 0.2) is 0 Å². The fourth-order valence-electron chi connectivity index (χ4n) is 5.79. The number of hydrogen-bond acceptors (Lipinski definition) is 7. The van der Waals surface area contributed by atoms with Crippen LogP contribution in [-0.2, 0) is 19.1 Å². The molecular formula is C30H50N2O5. The van der Waals surface area contributed by atoms with Gasteiger partial charge in [0.2, 0.25) is 0 Å². The average molecular weight is 519 g/mol. The Morgan fingerprint density at radius 2 is 1.22 bits per heavy atom. The van der Waals surface area contributed by atoms with E-state index >= 15 is 0 Å². The van der Waals surface area contributed by atoms with Crippen molar-refractivity contribution in [3.8, 4) is 12.1 Å². The molecule has 0 aromatic rings. The molecule has 7 unspecified atom stereocenters. The monoisotopic (exact) mass is 518 g/mol. The molecule has 210 valence electrons. The summed E-state index contributed by atoms with van der Waals surface area (Å²) in [6.45, 7) is 9.08. The molecule has 0 aromatic heterocycles. The molecule has 7 atom stereocenters. The summed E-state index contributed by atoms with van der Waals surface area (Å²) in [6.07, 6.45) is 12.0. The molecule has 0 amide bonds. The summed E-state index contributed by atoms with van der Waals surface area (Å²) in [5, 5.41) is 26.1. The SMILES string of the molecule is CCC(C)(C)C(=O)OC.CCC(C)(CO)C(=O)OC.N#CC1CC2CCC1C2.N#CC1CC2CCC1C2. The Kier molecular flexibility index (Phi) is 13.6. The van der Waals surface area contributed by atoms with E-state index in [1.807, 2.05) is 27.7 Å². The molecule has 0 aliphatic heterocycles. The van der Waals surface area contributed by atoms with Gasteiger partial charge in [-0.1, -0.05) is 26.7 Å². The van der Waals surface area contributed by atoms with E-state index in [1.54, 1.807) is 6.92 Å². The lowest BCUT2D eigenvalue weighted by Crippen LogP contribution is -2.31. The van der Waals surface area contributed by atoms with Gasteiger partial charge in [-0.15, -0.1) is 0 Å². The van der Waals surface area contributed by atoms with Crippen molar-refractivity contribution in [2.24, 2.45) is 46.3 Å². The van der Waals surface area contributed by atoms with Crippen molar-refractivity contribution in [3.05, 3.63) is 0 Å². The number of rotatable bonds is 5. The highest BCUT2D eigenvalue weighted by atomic mass is 16.5. The smallest absolute Gasteiger partial charge is 0.313 e. The first-order chi connectivity index (χ1) is 17.4. The lowest BCUT2D eigenvalue weighted by molar-refractivity contribution is -0.154. The minimum atomic E-state index is -0.714. The topological polar surface area (TPSA) is 120 Å². The highest BCUT2D eigenvalue weighted by molar-refractivity contribution is 5.76. The molecule has 4 fully saturated rings. The molecule has 0 heterocycles. The Morgan fingerprint density at radius 1 is 0.784 bits per heavy atom. The van der Waals surface area contributed by atoms with E-state index in [2.05, 4.69) is 21.6 Å². The maximum absolute atomic E-state index is 10.9. The molecule has 0 aromatic carbocycles. The Bertz CT molecular complexity index is 770. The van der Waals surface area contributed by atoms with Crippen molar-refractivity contribution < 1.29 is 24.2 Å². The average Bonchev–Trinajstić information content (AvgIpc) is 3.75. The van der Waals surface area contributed by atoms with Crippen LogP contribution in [0, 0.1) is 69.0 Å². The first kappa shape index (κ1) is 32.9. The largest absolute Gasteiger partial charge is 0.469 e. The summed E-state index contributed by atoms with van der Waals surface area (Å²) in [6, 6.07) is 4.79. The highest BCUT2D eigenvalue weighted by Crippen LogP contribution is 2.48. The van der Waals surface area contributed by atoms with Crippen molar-refractivity contribution >= 4 is 11.9 Å². The minimum absolute atomic E-state index is 0.134. The van der Waals surface area contributed by atoms with Crippen LogP contribution in [0.2, 0.25) is 0 Å². The van der Waals surface area contributed by atoms with Gasteiger partial charge in [-0.3, -0.25) is 9.59 Å². The van der Waals surface area contributed by atoms with E-state index in [1.165, 1.54) is 65.6 Å². The molecule has 7 heteroatoms. The quantitative estimate of drug-likeness (QED) is 0.439. The summed E-state index contributed by atoms with van der Waals surface area (Å²) >= 11 is 0. The van der Waals surface area contributed by atoms with E-state index in [0.717, 1.165) is 30.1 Å². The van der Waals surface area contributed by atoms with Crippen molar-refractivity contribution in [2.75, 3.05) is 20.8 Å². The number of nitrogens with zero attached hydrogens (tertiary/aromatic N) is 2. The summed E-state index contributed by atoms with van der Waals surface area (Å²) in [5.74, 6) is 3.83. The van der Waals surface area contributed by atoms with Gasteiger partial charge in [0.05, 0.1) is 43.8 Å². The van der Waals surface area contributed by atoms with Gasteiger partial charge < -0.3 is 14.6 Å². The Morgan fingerprint density at radius 3 is 1.35 bits per heavy atom. The number of aliphatic hydroxyl groups excluding tert-OH is 1. The van der Waals surface area contributed by atoms with E-state index < -0.39 is 5.41 Å². The van der Waals surface area contributed by atoms with Crippen LogP contribution < -0.4 is 0 Å². The third-order valence-corrected chi connectivity index (χ3v) is 9.24. The van der Waals surface area contributed by atoms with Crippen molar-refractivity contribution in [3.63, 3.8) is 0 Å². The Hall–Kier alpha value is -2.12. The van der Waals surface area contributed by atoms with Gasteiger partial charge in [0, 0.05) is 11.8 Å². The fourth-order valence-corrected chi connectivity index (χ4v) is 5.79. The lowest BCUT2D eigenvalue weighted by atomic mass is 9.89. The summed E-state index contributed by atoms with van der Waals surface area (Å²) in [4.78, 5) is 21.8. The third-order valence-electron chi connectivity index (χ3n) is 9.24. The number of carbonyl (C=O) groups is 2.